The summed E-state index contributed by atoms with van der Waals surface area (Å²) < 4.78 is 5.60. The van der Waals surface area contributed by atoms with Gasteiger partial charge in [-0.05, 0) is 37.0 Å². The topological polar surface area (TPSA) is 30.2 Å². The lowest BCUT2D eigenvalue weighted by Gasteiger charge is -2.16. The Labute approximate surface area is 108 Å². The Hall–Kier alpha value is -1.57. The molecule has 0 radical (unpaired) electrons. The van der Waals surface area contributed by atoms with Crippen molar-refractivity contribution in [2.24, 2.45) is 5.41 Å². The second-order valence-electron chi connectivity index (χ2n) is 6.14. The molecule has 1 heterocycles. The summed E-state index contributed by atoms with van der Waals surface area (Å²) in [7, 11) is 0. The fraction of sp³-hybridized carbons (Fsp3) is 0.438. The molecular weight excluding hydrogens is 224 g/mol. The maximum Gasteiger partial charge on any atom is 0.198 e. The summed E-state index contributed by atoms with van der Waals surface area (Å²) in [5.74, 6) is 0.582. The number of aryl methyl sites for hydroxylation is 1. The highest BCUT2D eigenvalue weighted by molar-refractivity contribution is 5.97. The molecule has 18 heavy (non-hydrogen) atoms. The number of carbonyl (C=O) groups excluding carboxylic acids is 1. The van der Waals surface area contributed by atoms with E-state index in [2.05, 4.69) is 20.8 Å². The number of hydrogen-bond donors (Lipinski definition) is 0. The maximum absolute atomic E-state index is 12.1. The predicted octanol–water partition coefficient (Wildman–Crippen LogP) is 4.75. The molecule has 1 aromatic carbocycles. The number of Topliss-reactive ketones (excluding diaryl/α,β-unsaturated/α-hetero) is 1. The van der Waals surface area contributed by atoms with Crippen molar-refractivity contribution in [1.82, 2.24) is 0 Å². The number of fused-ring (bicyclic) bond motifs is 1. The lowest BCUT2D eigenvalue weighted by Crippen LogP contribution is -2.08. The van der Waals surface area contributed by atoms with Gasteiger partial charge in [-0.25, -0.2) is 0 Å². The quantitative estimate of drug-likeness (QED) is 0.729. The SMILES string of the molecule is Cc1ccc2oc(C(=O)CCC(C)(C)C)cc2c1. The van der Waals surface area contributed by atoms with Gasteiger partial charge in [-0.3, -0.25) is 4.79 Å². The molecule has 0 aliphatic heterocycles. The van der Waals surface area contributed by atoms with Crippen molar-refractivity contribution in [1.29, 1.82) is 0 Å². The van der Waals surface area contributed by atoms with Gasteiger partial charge in [0.1, 0.15) is 5.58 Å². The molecule has 0 atom stereocenters. The highest BCUT2D eigenvalue weighted by Crippen LogP contribution is 2.25. The summed E-state index contributed by atoms with van der Waals surface area (Å²) in [5, 5.41) is 1.01. The zero-order chi connectivity index (χ0) is 13.3. The number of furan rings is 1. The fourth-order valence-corrected chi connectivity index (χ4v) is 1.91. The minimum atomic E-state index is 0.0961. The van der Waals surface area contributed by atoms with Gasteiger partial charge in [0.25, 0.3) is 0 Å². The van der Waals surface area contributed by atoms with E-state index in [0.29, 0.717) is 12.2 Å². The maximum atomic E-state index is 12.1. The third kappa shape index (κ3) is 3.00. The van der Waals surface area contributed by atoms with Crippen LogP contribution in [0.15, 0.2) is 28.7 Å². The molecule has 2 rings (SSSR count). The van der Waals surface area contributed by atoms with Crippen LogP contribution in [0.2, 0.25) is 0 Å². The summed E-state index contributed by atoms with van der Waals surface area (Å²) in [5.41, 5.74) is 2.15. The van der Waals surface area contributed by atoms with Crippen molar-refractivity contribution >= 4 is 16.8 Å². The number of carbonyl (C=O) groups is 1. The largest absolute Gasteiger partial charge is 0.453 e. The van der Waals surface area contributed by atoms with Crippen molar-refractivity contribution in [2.45, 2.75) is 40.5 Å². The monoisotopic (exact) mass is 244 g/mol. The Morgan fingerprint density at radius 3 is 2.61 bits per heavy atom. The molecule has 0 aliphatic carbocycles. The van der Waals surface area contributed by atoms with Gasteiger partial charge in [-0.1, -0.05) is 32.4 Å². The minimum Gasteiger partial charge on any atom is -0.453 e. The molecule has 2 nitrogen and oxygen atoms in total. The molecule has 0 saturated carbocycles. The van der Waals surface area contributed by atoms with E-state index >= 15 is 0 Å². The second kappa shape index (κ2) is 4.60. The Morgan fingerprint density at radius 2 is 1.94 bits per heavy atom. The summed E-state index contributed by atoms with van der Waals surface area (Å²) in [6.07, 6.45) is 1.42. The van der Waals surface area contributed by atoms with E-state index in [1.165, 1.54) is 5.56 Å². The van der Waals surface area contributed by atoms with Crippen LogP contribution >= 0.6 is 0 Å². The fourth-order valence-electron chi connectivity index (χ4n) is 1.91. The van der Waals surface area contributed by atoms with Gasteiger partial charge in [0, 0.05) is 11.8 Å². The zero-order valence-electron chi connectivity index (χ0n) is 11.5. The summed E-state index contributed by atoms with van der Waals surface area (Å²) >= 11 is 0. The van der Waals surface area contributed by atoms with Crippen LogP contribution in [-0.2, 0) is 0 Å². The molecule has 2 aromatic rings. The third-order valence-electron chi connectivity index (χ3n) is 3.05. The van der Waals surface area contributed by atoms with Crippen LogP contribution in [-0.4, -0.2) is 5.78 Å². The Balaban J connectivity index is 2.18. The molecular formula is C16H20O2. The highest BCUT2D eigenvalue weighted by atomic mass is 16.3. The molecule has 0 saturated heterocycles. The van der Waals surface area contributed by atoms with Crippen molar-refractivity contribution in [3.63, 3.8) is 0 Å². The van der Waals surface area contributed by atoms with Crippen molar-refractivity contribution in [3.8, 4) is 0 Å². The van der Waals surface area contributed by atoms with Gasteiger partial charge < -0.3 is 4.42 Å². The van der Waals surface area contributed by atoms with E-state index in [-0.39, 0.29) is 11.2 Å². The van der Waals surface area contributed by atoms with Gasteiger partial charge in [0.2, 0.25) is 0 Å². The Kier molecular flexibility index (Phi) is 3.29. The van der Waals surface area contributed by atoms with Crippen LogP contribution in [0.4, 0.5) is 0 Å². The first kappa shape index (κ1) is 12.9. The normalized spacial score (nSPS) is 12.0. The first-order chi connectivity index (χ1) is 8.35. The van der Waals surface area contributed by atoms with E-state index in [1.54, 1.807) is 0 Å². The molecule has 0 spiro atoms. The van der Waals surface area contributed by atoms with E-state index in [4.69, 9.17) is 4.42 Å². The van der Waals surface area contributed by atoms with Crippen LogP contribution in [0.25, 0.3) is 11.0 Å². The van der Waals surface area contributed by atoms with Crippen LogP contribution in [0.1, 0.15) is 49.7 Å². The molecule has 0 fully saturated rings. The molecule has 0 bridgehead atoms. The van der Waals surface area contributed by atoms with E-state index in [9.17, 15) is 4.79 Å². The van der Waals surface area contributed by atoms with E-state index in [1.807, 2.05) is 31.2 Å². The smallest absolute Gasteiger partial charge is 0.198 e. The summed E-state index contributed by atoms with van der Waals surface area (Å²) in [6.45, 7) is 8.46. The summed E-state index contributed by atoms with van der Waals surface area (Å²) in [6, 6.07) is 7.81. The highest BCUT2D eigenvalue weighted by Gasteiger charge is 2.17. The molecule has 1 aromatic heterocycles. The van der Waals surface area contributed by atoms with Gasteiger partial charge in [-0.15, -0.1) is 0 Å². The lowest BCUT2D eigenvalue weighted by atomic mass is 9.89. The van der Waals surface area contributed by atoms with Gasteiger partial charge >= 0.3 is 0 Å². The van der Waals surface area contributed by atoms with Gasteiger partial charge in [-0.2, -0.15) is 0 Å². The molecule has 0 amide bonds. The third-order valence-corrected chi connectivity index (χ3v) is 3.05. The summed E-state index contributed by atoms with van der Waals surface area (Å²) in [4.78, 5) is 12.1. The van der Waals surface area contributed by atoms with Gasteiger partial charge in [0.15, 0.2) is 11.5 Å². The number of hydrogen-bond acceptors (Lipinski definition) is 2. The Morgan fingerprint density at radius 1 is 1.22 bits per heavy atom. The average Bonchev–Trinajstić information content (AvgIpc) is 2.67. The first-order valence-electron chi connectivity index (χ1n) is 6.38. The van der Waals surface area contributed by atoms with Crippen LogP contribution in [0, 0.1) is 12.3 Å². The number of benzene rings is 1. The van der Waals surface area contributed by atoms with Crippen LogP contribution in [0.3, 0.4) is 0 Å². The minimum absolute atomic E-state index is 0.0961. The second-order valence-corrected chi connectivity index (χ2v) is 6.14. The lowest BCUT2D eigenvalue weighted by molar-refractivity contribution is 0.0941. The van der Waals surface area contributed by atoms with Crippen molar-refractivity contribution in [2.75, 3.05) is 0 Å². The first-order valence-corrected chi connectivity index (χ1v) is 6.38. The van der Waals surface area contributed by atoms with Gasteiger partial charge in [0.05, 0.1) is 0 Å². The average molecular weight is 244 g/mol. The predicted molar refractivity (Wildman–Crippen MR) is 74.0 cm³/mol. The van der Waals surface area contributed by atoms with E-state index < -0.39 is 0 Å². The molecule has 96 valence electrons. The van der Waals surface area contributed by atoms with Crippen molar-refractivity contribution in [3.05, 3.63) is 35.6 Å². The molecule has 2 heteroatoms. The van der Waals surface area contributed by atoms with E-state index in [0.717, 1.165) is 17.4 Å². The zero-order valence-corrected chi connectivity index (χ0v) is 11.5. The van der Waals surface area contributed by atoms with Crippen LogP contribution < -0.4 is 0 Å². The molecule has 0 N–H and O–H groups in total. The molecule has 0 aliphatic rings. The standard InChI is InChI=1S/C16H20O2/c1-11-5-6-14-12(9-11)10-15(18-14)13(17)7-8-16(2,3)4/h5-6,9-10H,7-8H2,1-4H3. The molecule has 0 unspecified atom stereocenters. The Bertz CT molecular complexity index is 570. The number of rotatable bonds is 3. The van der Waals surface area contributed by atoms with Crippen LogP contribution in [0.5, 0.6) is 0 Å². The number of ketones is 1. The van der Waals surface area contributed by atoms with Crippen molar-refractivity contribution < 1.29 is 9.21 Å².